The van der Waals surface area contributed by atoms with Crippen LogP contribution in [0.2, 0.25) is 0 Å². The van der Waals surface area contributed by atoms with Gasteiger partial charge in [0.05, 0.1) is 0 Å². The second-order valence-corrected chi connectivity index (χ2v) is 5.20. The molecule has 18 heavy (non-hydrogen) atoms. The van der Waals surface area contributed by atoms with Crippen LogP contribution in [0, 0.1) is 5.82 Å². The lowest BCUT2D eigenvalue weighted by Crippen LogP contribution is -2.33. The van der Waals surface area contributed by atoms with Crippen LogP contribution in [0.25, 0.3) is 0 Å². The van der Waals surface area contributed by atoms with E-state index < -0.39 is 5.82 Å². The summed E-state index contributed by atoms with van der Waals surface area (Å²) in [6.07, 6.45) is 0.790. The molecule has 1 aromatic heterocycles. The highest BCUT2D eigenvalue weighted by Gasteiger charge is 2.11. The molecule has 0 saturated heterocycles. The molecule has 1 unspecified atom stereocenters. The number of hydrogen-bond donors (Lipinski definition) is 1. The molecule has 1 amide bonds. The Morgan fingerprint density at radius 2 is 2.22 bits per heavy atom. The second kappa shape index (κ2) is 5.78. The smallest absolute Gasteiger partial charge is 0.251 e. The van der Waals surface area contributed by atoms with Crippen molar-refractivity contribution in [2.45, 2.75) is 19.4 Å². The topological polar surface area (TPSA) is 29.1 Å². The maximum absolute atomic E-state index is 13.0. The maximum Gasteiger partial charge on any atom is 0.251 e. The average Bonchev–Trinajstić information content (AvgIpc) is 2.81. The summed E-state index contributed by atoms with van der Waals surface area (Å²) in [6.45, 7) is 1.94. The van der Waals surface area contributed by atoms with E-state index in [1.165, 1.54) is 23.1 Å². The van der Waals surface area contributed by atoms with Gasteiger partial charge in [-0.1, -0.05) is 12.1 Å². The third-order valence-electron chi connectivity index (χ3n) is 2.55. The van der Waals surface area contributed by atoms with E-state index in [0.29, 0.717) is 5.56 Å². The first-order chi connectivity index (χ1) is 8.65. The van der Waals surface area contributed by atoms with Gasteiger partial charge >= 0.3 is 0 Å². The SMILES string of the molecule is CC(Cc1cccs1)NC(=O)c1cccc(F)c1. The van der Waals surface area contributed by atoms with Gasteiger partial charge in [0.15, 0.2) is 0 Å². The number of rotatable bonds is 4. The summed E-state index contributed by atoms with van der Waals surface area (Å²) in [7, 11) is 0. The van der Waals surface area contributed by atoms with Crippen LogP contribution >= 0.6 is 11.3 Å². The second-order valence-electron chi connectivity index (χ2n) is 4.17. The van der Waals surface area contributed by atoms with Gasteiger partial charge in [-0.25, -0.2) is 4.39 Å². The van der Waals surface area contributed by atoms with E-state index in [-0.39, 0.29) is 11.9 Å². The number of carbonyl (C=O) groups excluding carboxylic acids is 1. The standard InChI is InChI=1S/C14H14FNOS/c1-10(8-13-6-3-7-18-13)16-14(17)11-4-2-5-12(15)9-11/h2-7,9-10H,8H2,1H3,(H,16,17). The summed E-state index contributed by atoms with van der Waals surface area (Å²) < 4.78 is 13.0. The van der Waals surface area contributed by atoms with Gasteiger partial charge in [-0.2, -0.15) is 0 Å². The van der Waals surface area contributed by atoms with Crippen LogP contribution in [0.15, 0.2) is 41.8 Å². The van der Waals surface area contributed by atoms with E-state index in [9.17, 15) is 9.18 Å². The van der Waals surface area contributed by atoms with Crippen molar-refractivity contribution in [1.82, 2.24) is 5.32 Å². The molecule has 1 heterocycles. The van der Waals surface area contributed by atoms with E-state index in [1.54, 1.807) is 17.4 Å². The van der Waals surface area contributed by atoms with Gasteiger partial charge in [-0.15, -0.1) is 11.3 Å². The van der Waals surface area contributed by atoms with Crippen molar-refractivity contribution >= 4 is 17.2 Å². The van der Waals surface area contributed by atoms with Crippen LogP contribution in [0.3, 0.4) is 0 Å². The van der Waals surface area contributed by atoms with Crippen LogP contribution in [-0.4, -0.2) is 11.9 Å². The molecule has 1 aromatic carbocycles. The van der Waals surface area contributed by atoms with Gasteiger partial charge in [0.1, 0.15) is 5.82 Å². The Labute approximate surface area is 109 Å². The van der Waals surface area contributed by atoms with Gasteiger partial charge in [-0.3, -0.25) is 4.79 Å². The maximum atomic E-state index is 13.0. The zero-order valence-electron chi connectivity index (χ0n) is 10.0. The predicted octanol–water partition coefficient (Wildman–Crippen LogP) is 3.25. The van der Waals surface area contributed by atoms with Crippen molar-refractivity contribution in [2.24, 2.45) is 0 Å². The number of nitrogens with one attached hydrogen (secondary N) is 1. The zero-order chi connectivity index (χ0) is 13.0. The number of halogens is 1. The molecule has 0 aliphatic heterocycles. The van der Waals surface area contributed by atoms with Crippen LogP contribution in [0.4, 0.5) is 4.39 Å². The van der Waals surface area contributed by atoms with Crippen LogP contribution in [0.1, 0.15) is 22.2 Å². The highest BCUT2D eigenvalue weighted by molar-refractivity contribution is 7.09. The summed E-state index contributed by atoms with van der Waals surface area (Å²) in [4.78, 5) is 13.1. The number of thiophene rings is 1. The van der Waals surface area contributed by atoms with Gasteiger partial charge in [0, 0.05) is 22.9 Å². The quantitative estimate of drug-likeness (QED) is 0.901. The Kier molecular flexibility index (Phi) is 4.10. The molecule has 1 atom stereocenters. The molecular formula is C14H14FNOS. The van der Waals surface area contributed by atoms with Crippen LogP contribution in [-0.2, 0) is 6.42 Å². The number of amides is 1. The van der Waals surface area contributed by atoms with E-state index >= 15 is 0 Å². The molecule has 2 rings (SSSR count). The number of carbonyl (C=O) groups is 1. The third-order valence-corrected chi connectivity index (χ3v) is 3.45. The minimum Gasteiger partial charge on any atom is -0.349 e. The molecule has 2 nitrogen and oxygen atoms in total. The number of benzene rings is 1. The van der Waals surface area contributed by atoms with Gasteiger partial charge < -0.3 is 5.32 Å². The molecule has 0 saturated carbocycles. The molecule has 4 heteroatoms. The van der Waals surface area contributed by atoms with Crippen molar-refractivity contribution in [3.63, 3.8) is 0 Å². The molecule has 2 aromatic rings. The molecule has 0 aliphatic carbocycles. The molecule has 0 fully saturated rings. The Bertz CT molecular complexity index is 524. The van der Waals surface area contributed by atoms with Crippen molar-refractivity contribution < 1.29 is 9.18 Å². The summed E-state index contributed by atoms with van der Waals surface area (Å²) in [5.41, 5.74) is 0.355. The van der Waals surface area contributed by atoms with Crippen LogP contribution < -0.4 is 5.32 Å². The third kappa shape index (κ3) is 3.40. The minimum atomic E-state index is -0.395. The van der Waals surface area contributed by atoms with Crippen molar-refractivity contribution in [1.29, 1.82) is 0 Å². The fraction of sp³-hybridized carbons (Fsp3) is 0.214. The van der Waals surface area contributed by atoms with E-state index in [4.69, 9.17) is 0 Å². The first-order valence-corrected chi connectivity index (χ1v) is 6.62. The van der Waals surface area contributed by atoms with E-state index in [2.05, 4.69) is 5.32 Å². The molecule has 0 radical (unpaired) electrons. The molecular weight excluding hydrogens is 249 g/mol. The highest BCUT2D eigenvalue weighted by Crippen LogP contribution is 2.11. The fourth-order valence-electron chi connectivity index (χ4n) is 1.72. The Hall–Kier alpha value is -1.68. The molecule has 0 bridgehead atoms. The molecule has 0 aliphatic rings. The monoisotopic (exact) mass is 263 g/mol. The Morgan fingerprint density at radius 1 is 1.39 bits per heavy atom. The van der Waals surface area contributed by atoms with Crippen molar-refractivity contribution in [2.75, 3.05) is 0 Å². The Balaban J connectivity index is 1.95. The van der Waals surface area contributed by atoms with Gasteiger partial charge in [-0.05, 0) is 36.6 Å². The van der Waals surface area contributed by atoms with E-state index in [1.807, 2.05) is 24.4 Å². The summed E-state index contributed by atoms with van der Waals surface area (Å²) >= 11 is 1.67. The zero-order valence-corrected chi connectivity index (χ0v) is 10.8. The van der Waals surface area contributed by atoms with Crippen LogP contribution in [0.5, 0.6) is 0 Å². The Morgan fingerprint density at radius 3 is 2.89 bits per heavy atom. The van der Waals surface area contributed by atoms with E-state index in [0.717, 1.165) is 6.42 Å². The minimum absolute atomic E-state index is 0.0272. The van der Waals surface area contributed by atoms with Gasteiger partial charge in [0.25, 0.3) is 5.91 Å². The lowest BCUT2D eigenvalue weighted by molar-refractivity contribution is 0.0940. The number of hydrogen-bond acceptors (Lipinski definition) is 2. The average molecular weight is 263 g/mol. The summed E-state index contributed by atoms with van der Waals surface area (Å²) in [5, 5.41) is 4.87. The first-order valence-electron chi connectivity index (χ1n) is 5.74. The normalized spacial score (nSPS) is 12.1. The summed E-state index contributed by atoms with van der Waals surface area (Å²) in [5.74, 6) is -0.632. The first kappa shape index (κ1) is 12.8. The molecule has 1 N–H and O–H groups in total. The van der Waals surface area contributed by atoms with Crippen molar-refractivity contribution in [3.05, 3.63) is 58.0 Å². The molecule has 94 valence electrons. The largest absolute Gasteiger partial charge is 0.349 e. The van der Waals surface area contributed by atoms with Gasteiger partial charge in [0.2, 0.25) is 0 Å². The summed E-state index contributed by atoms with van der Waals surface area (Å²) in [6, 6.07) is 9.76. The highest BCUT2D eigenvalue weighted by atomic mass is 32.1. The lowest BCUT2D eigenvalue weighted by atomic mass is 10.1. The predicted molar refractivity (Wildman–Crippen MR) is 71.4 cm³/mol. The lowest BCUT2D eigenvalue weighted by Gasteiger charge is -2.12. The molecule has 0 spiro atoms. The fourth-order valence-corrected chi connectivity index (χ4v) is 2.55. The van der Waals surface area contributed by atoms with Crippen molar-refractivity contribution in [3.8, 4) is 0 Å².